The first-order valence-corrected chi connectivity index (χ1v) is 9.07. The Morgan fingerprint density at radius 2 is 1.58 bits per heavy atom. The molecular formula is C22H21FS. The van der Waals surface area contributed by atoms with Crippen molar-refractivity contribution in [3.05, 3.63) is 88.7 Å². The highest BCUT2D eigenvalue weighted by Gasteiger charge is 2.11. The molecule has 0 saturated heterocycles. The fraction of sp³-hybridized carbons (Fsp3) is 0.182. The van der Waals surface area contributed by atoms with Crippen LogP contribution in [0.5, 0.6) is 0 Å². The number of rotatable bonds is 4. The first-order chi connectivity index (χ1) is 11.5. The minimum atomic E-state index is -0.150. The number of halogens is 1. The van der Waals surface area contributed by atoms with Crippen molar-refractivity contribution >= 4 is 11.8 Å². The minimum absolute atomic E-state index is 0.150. The third-order valence-corrected chi connectivity index (χ3v) is 5.25. The van der Waals surface area contributed by atoms with Crippen LogP contribution in [-0.4, -0.2) is 0 Å². The van der Waals surface area contributed by atoms with E-state index in [1.165, 1.54) is 27.1 Å². The van der Waals surface area contributed by atoms with E-state index in [0.717, 1.165) is 11.3 Å². The smallest absolute Gasteiger partial charge is 0.126 e. The van der Waals surface area contributed by atoms with Crippen LogP contribution in [0.4, 0.5) is 4.39 Å². The van der Waals surface area contributed by atoms with Crippen molar-refractivity contribution in [1.29, 1.82) is 0 Å². The van der Waals surface area contributed by atoms with E-state index in [0.29, 0.717) is 5.56 Å². The van der Waals surface area contributed by atoms with E-state index in [4.69, 9.17) is 0 Å². The third-order valence-electron chi connectivity index (χ3n) is 4.21. The molecule has 0 nitrogen and oxygen atoms in total. The van der Waals surface area contributed by atoms with E-state index >= 15 is 0 Å². The monoisotopic (exact) mass is 336 g/mol. The zero-order chi connectivity index (χ0) is 17.1. The fourth-order valence-corrected chi connectivity index (χ4v) is 3.97. The standard InChI is InChI=1S/C22H21FS/c1-15-11-16(2)21(14-24-19-7-5-4-6-8-19)20(12-15)18-9-10-22(23)17(3)13-18/h4-13H,14H2,1-3H3. The van der Waals surface area contributed by atoms with Crippen LogP contribution in [0, 0.1) is 26.6 Å². The molecule has 0 aliphatic rings. The zero-order valence-corrected chi connectivity index (χ0v) is 15.1. The zero-order valence-electron chi connectivity index (χ0n) is 14.3. The highest BCUT2D eigenvalue weighted by Crippen LogP contribution is 2.33. The molecule has 0 aliphatic carbocycles. The molecule has 0 heterocycles. The Morgan fingerprint density at radius 1 is 0.833 bits per heavy atom. The maximum absolute atomic E-state index is 13.6. The third kappa shape index (κ3) is 3.70. The summed E-state index contributed by atoms with van der Waals surface area (Å²) in [5, 5.41) is 0. The Kier molecular flexibility index (Phi) is 5.06. The van der Waals surface area contributed by atoms with Crippen LogP contribution >= 0.6 is 11.8 Å². The van der Waals surface area contributed by atoms with Crippen molar-refractivity contribution in [2.75, 3.05) is 0 Å². The molecule has 0 radical (unpaired) electrons. The molecule has 122 valence electrons. The van der Waals surface area contributed by atoms with Crippen LogP contribution in [0.25, 0.3) is 11.1 Å². The molecule has 0 spiro atoms. The average Bonchev–Trinajstić information content (AvgIpc) is 2.57. The molecule has 0 N–H and O–H groups in total. The molecule has 0 aliphatic heterocycles. The largest absolute Gasteiger partial charge is 0.207 e. The Hall–Kier alpha value is -2.06. The molecule has 3 aromatic carbocycles. The van der Waals surface area contributed by atoms with Crippen LogP contribution in [0.1, 0.15) is 22.3 Å². The van der Waals surface area contributed by atoms with Crippen molar-refractivity contribution in [1.82, 2.24) is 0 Å². The molecule has 0 fully saturated rings. The molecular weight excluding hydrogens is 315 g/mol. The van der Waals surface area contributed by atoms with Gasteiger partial charge in [-0.25, -0.2) is 4.39 Å². The summed E-state index contributed by atoms with van der Waals surface area (Å²) in [4.78, 5) is 1.26. The van der Waals surface area contributed by atoms with E-state index in [1.807, 2.05) is 36.9 Å². The molecule has 0 amide bonds. The van der Waals surface area contributed by atoms with Crippen molar-refractivity contribution in [3.8, 4) is 11.1 Å². The lowest BCUT2D eigenvalue weighted by Gasteiger charge is -2.15. The molecule has 0 saturated carbocycles. The second-order valence-electron chi connectivity index (χ2n) is 6.17. The van der Waals surface area contributed by atoms with Crippen LogP contribution in [0.2, 0.25) is 0 Å². The number of hydrogen-bond acceptors (Lipinski definition) is 1. The molecule has 2 heteroatoms. The Morgan fingerprint density at radius 3 is 2.29 bits per heavy atom. The van der Waals surface area contributed by atoms with Crippen LogP contribution in [0.3, 0.4) is 0 Å². The van der Waals surface area contributed by atoms with Crippen molar-refractivity contribution in [2.45, 2.75) is 31.4 Å². The first kappa shape index (κ1) is 16.8. The summed E-state index contributed by atoms with van der Waals surface area (Å²) in [5.74, 6) is 0.755. The minimum Gasteiger partial charge on any atom is -0.207 e. The van der Waals surface area contributed by atoms with Crippen molar-refractivity contribution in [2.24, 2.45) is 0 Å². The Bertz CT molecular complexity index is 853. The lowest BCUT2D eigenvalue weighted by atomic mass is 9.94. The summed E-state index contributed by atoms with van der Waals surface area (Å²) in [6.07, 6.45) is 0. The number of thioether (sulfide) groups is 1. The van der Waals surface area contributed by atoms with Gasteiger partial charge in [0.25, 0.3) is 0 Å². The number of aryl methyl sites for hydroxylation is 3. The van der Waals surface area contributed by atoms with E-state index in [9.17, 15) is 4.39 Å². The van der Waals surface area contributed by atoms with Crippen molar-refractivity contribution in [3.63, 3.8) is 0 Å². The van der Waals surface area contributed by atoms with Gasteiger partial charge >= 0.3 is 0 Å². The van der Waals surface area contributed by atoms with Gasteiger partial charge in [0.1, 0.15) is 5.82 Å². The van der Waals surface area contributed by atoms with E-state index in [-0.39, 0.29) is 5.82 Å². The van der Waals surface area contributed by atoms with E-state index in [2.05, 4.69) is 50.2 Å². The van der Waals surface area contributed by atoms with Crippen molar-refractivity contribution < 1.29 is 4.39 Å². The molecule has 0 bridgehead atoms. The van der Waals surface area contributed by atoms with E-state index < -0.39 is 0 Å². The number of benzene rings is 3. The Labute approximate surface area is 147 Å². The molecule has 0 atom stereocenters. The van der Waals surface area contributed by atoms with Gasteiger partial charge in [-0.15, -0.1) is 11.8 Å². The molecule has 0 unspecified atom stereocenters. The lowest BCUT2D eigenvalue weighted by molar-refractivity contribution is 0.619. The SMILES string of the molecule is Cc1cc(C)c(CSc2ccccc2)c(-c2ccc(F)c(C)c2)c1. The van der Waals surface area contributed by atoms with Gasteiger partial charge in [0.2, 0.25) is 0 Å². The Balaban J connectivity index is 2.00. The van der Waals surface area contributed by atoms with Gasteiger partial charge in [0.15, 0.2) is 0 Å². The molecule has 0 aromatic heterocycles. The maximum atomic E-state index is 13.6. The van der Waals surface area contributed by atoms with Gasteiger partial charge in [-0.2, -0.15) is 0 Å². The number of hydrogen-bond donors (Lipinski definition) is 0. The van der Waals surface area contributed by atoms with Gasteiger partial charge in [-0.05, 0) is 72.9 Å². The van der Waals surface area contributed by atoms with Gasteiger partial charge in [0, 0.05) is 10.6 Å². The van der Waals surface area contributed by atoms with Crippen LogP contribution < -0.4 is 0 Å². The summed E-state index contributed by atoms with van der Waals surface area (Å²) in [6.45, 7) is 6.09. The second kappa shape index (κ2) is 7.23. The van der Waals surface area contributed by atoms with Crippen LogP contribution in [-0.2, 0) is 5.75 Å². The summed E-state index contributed by atoms with van der Waals surface area (Å²) in [5.41, 5.74) is 6.82. The molecule has 3 aromatic rings. The highest BCUT2D eigenvalue weighted by molar-refractivity contribution is 7.98. The normalized spacial score (nSPS) is 10.8. The first-order valence-electron chi connectivity index (χ1n) is 8.09. The topological polar surface area (TPSA) is 0 Å². The fourth-order valence-electron chi connectivity index (χ4n) is 2.93. The molecule has 24 heavy (non-hydrogen) atoms. The lowest BCUT2D eigenvalue weighted by Crippen LogP contribution is -1.95. The highest BCUT2D eigenvalue weighted by atomic mass is 32.2. The van der Waals surface area contributed by atoms with Gasteiger partial charge in [0.05, 0.1) is 0 Å². The van der Waals surface area contributed by atoms with Crippen LogP contribution in [0.15, 0.2) is 65.6 Å². The predicted octanol–water partition coefficient (Wildman–Crippen LogP) is 6.71. The van der Waals surface area contributed by atoms with Gasteiger partial charge in [-0.3, -0.25) is 0 Å². The van der Waals surface area contributed by atoms with E-state index in [1.54, 1.807) is 6.07 Å². The van der Waals surface area contributed by atoms with Gasteiger partial charge in [-0.1, -0.05) is 42.0 Å². The van der Waals surface area contributed by atoms with Gasteiger partial charge < -0.3 is 0 Å². The summed E-state index contributed by atoms with van der Waals surface area (Å²) < 4.78 is 13.6. The second-order valence-corrected chi connectivity index (χ2v) is 7.22. The quantitative estimate of drug-likeness (QED) is 0.477. The average molecular weight is 336 g/mol. The predicted molar refractivity (Wildman–Crippen MR) is 102 cm³/mol. The maximum Gasteiger partial charge on any atom is 0.126 e. The summed E-state index contributed by atoms with van der Waals surface area (Å²) in [6, 6.07) is 20.3. The summed E-state index contributed by atoms with van der Waals surface area (Å²) >= 11 is 1.84. The summed E-state index contributed by atoms with van der Waals surface area (Å²) in [7, 11) is 0. The molecule has 3 rings (SSSR count).